The third-order valence-electron chi connectivity index (χ3n) is 4.65. The lowest BCUT2D eigenvalue weighted by atomic mass is 9.89. The van der Waals surface area contributed by atoms with E-state index in [1.165, 1.54) is 6.07 Å². The predicted octanol–water partition coefficient (Wildman–Crippen LogP) is 3.88. The highest BCUT2D eigenvalue weighted by Gasteiger charge is 2.40. The molecule has 1 saturated carbocycles. The van der Waals surface area contributed by atoms with Crippen molar-refractivity contribution < 1.29 is 17.9 Å². The van der Waals surface area contributed by atoms with Gasteiger partial charge >= 0.3 is 6.18 Å². The molecule has 2 aliphatic rings. The highest BCUT2D eigenvalue weighted by molar-refractivity contribution is 5.53. The molecule has 0 aromatic carbocycles. The Bertz CT molecular complexity index is 618. The number of hydrogen-bond donors (Lipinski definition) is 1. The first-order chi connectivity index (χ1) is 10.9. The van der Waals surface area contributed by atoms with E-state index in [2.05, 4.69) is 10.3 Å². The number of anilines is 1. The summed E-state index contributed by atoms with van der Waals surface area (Å²) in [6, 6.07) is 3.89. The Hall–Kier alpha value is -1.81. The molecule has 124 valence electrons. The van der Waals surface area contributed by atoms with Crippen molar-refractivity contribution in [3.63, 3.8) is 0 Å². The molecular formula is C16H18F3N3O. The van der Waals surface area contributed by atoms with Crippen molar-refractivity contribution in [2.24, 2.45) is 0 Å². The molecule has 1 N–H and O–H groups in total. The molecule has 23 heavy (non-hydrogen) atoms. The summed E-state index contributed by atoms with van der Waals surface area (Å²) < 4.78 is 44.4. The van der Waals surface area contributed by atoms with E-state index in [1.807, 2.05) is 6.07 Å². The van der Waals surface area contributed by atoms with Crippen LogP contribution in [0.2, 0.25) is 0 Å². The molecule has 0 bridgehead atoms. The van der Waals surface area contributed by atoms with Crippen molar-refractivity contribution in [3.05, 3.63) is 23.4 Å². The van der Waals surface area contributed by atoms with E-state index in [0.29, 0.717) is 13.0 Å². The first kappa shape index (κ1) is 16.1. The summed E-state index contributed by atoms with van der Waals surface area (Å²) in [5, 5.41) is 12.2. The maximum absolute atomic E-state index is 12.8. The number of nitrogens with zero attached hydrogens (tertiary/aromatic N) is 2. The summed E-state index contributed by atoms with van der Waals surface area (Å²) in [7, 11) is 0. The number of nitrogens with one attached hydrogen (secondary N) is 1. The first-order valence-corrected chi connectivity index (χ1v) is 7.81. The Labute approximate surface area is 132 Å². The number of aromatic nitrogens is 1. The lowest BCUT2D eigenvalue weighted by Gasteiger charge is -2.38. The normalized spacial score (nSPS) is 23.7. The Balaban J connectivity index is 1.80. The van der Waals surface area contributed by atoms with Crippen molar-refractivity contribution in [2.45, 2.75) is 56.3 Å². The molecule has 1 unspecified atom stereocenters. The number of halogens is 3. The van der Waals surface area contributed by atoms with Crippen molar-refractivity contribution in [2.75, 3.05) is 11.9 Å². The minimum absolute atomic E-state index is 0.0161. The lowest BCUT2D eigenvalue weighted by Crippen LogP contribution is -2.42. The van der Waals surface area contributed by atoms with Crippen LogP contribution < -0.4 is 5.32 Å². The highest BCUT2D eigenvalue weighted by Crippen LogP contribution is 2.40. The average Bonchev–Trinajstić information content (AvgIpc) is 2.94. The zero-order chi connectivity index (χ0) is 16.5. The predicted molar refractivity (Wildman–Crippen MR) is 77.7 cm³/mol. The summed E-state index contributed by atoms with van der Waals surface area (Å²) in [6.07, 6.45) is 1.15. The summed E-state index contributed by atoms with van der Waals surface area (Å²) in [5.74, 6) is 0.0161. The third-order valence-corrected chi connectivity index (χ3v) is 4.65. The number of pyridine rings is 1. The van der Waals surface area contributed by atoms with Crippen molar-refractivity contribution >= 4 is 5.82 Å². The number of ether oxygens (including phenoxy) is 1. The molecule has 4 nitrogen and oxygen atoms in total. The van der Waals surface area contributed by atoms with Crippen LogP contribution in [-0.2, 0) is 10.9 Å². The molecule has 1 saturated heterocycles. The molecule has 1 aliphatic heterocycles. The quantitative estimate of drug-likeness (QED) is 0.896. The standard InChI is InChI=1S/C16H18F3N3O/c17-16(18,19)13-4-3-11(10-20)14(22-13)21-12-5-8-23-15(9-12)6-1-2-7-15/h3-4,12H,1-2,5-9H2,(H,21,22). The maximum Gasteiger partial charge on any atom is 0.433 e. The van der Waals surface area contributed by atoms with E-state index in [4.69, 9.17) is 10.00 Å². The molecule has 2 heterocycles. The van der Waals surface area contributed by atoms with Gasteiger partial charge in [0.15, 0.2) is 0 Å². The maximum atomic E-state index is 12.8. The number of hydrogen-bond acceptors (Lipinski definition) is 4. The van der Waals surface area contributed by atoms with Gasteiger partial charge in [-0.2, -0.15) is 18.4 Å². The molecule has 3 rings (SSSR count). The second-order valence-electron chi connectivity index (χ2n) is 6.27. The summed E-state index contributed by atoms with van der Waals surface area (Å²) in [6.45, 7) is 0.582. The zero-order valence-corrected chi connectivity index (χ0v) is 12.6. The van der Waals surface area contributed by atoms with E-state index in [9.17, 15) is 13.2 Å². The Morgan fingerprint density at radius 2 is 2.04 bits per heavy atom. The second-order valence-corrected chi connectivity index (χ2v) is 6.27. The first-order valence-electron chi connectivity index (χ1n) is 7.81. The third kappa shape index (κ3) is 3.42. The molecule has 1 spiro atoms. The van der Waals surface area contributed by atoms with Gasteiger partial charge in [0, 0.05) is 12.6 Å². The summed E-state index contributed by atoms with van der Waals surface area (Å²) in [4.78, 5) is 3.62. The molecule has 1 aromatic rings. The van der Waals surface area contributed by atoms with Crippen LogP contribution >= 0.6 is 0 Å². The van der Waals surface area contributed by atoms with E-state index < -0.39 is 11.9 Å². The van der Waals surface area contributed by atoms with Gasteiger partial charge in [-0.25, -0.2) is 4.98 Å². The van der Waals surface area contributed by atoms with Gasteiger partial charge in [0.1, 0.15) is 17.6 Å². The van der Waals surface area contributed by atoms with Gasteiger partial charge in [0.2, 0.25) is 0 Å². The van der Waals surface area contributed by atoms with Crippen LogP contribution in [0.15, 0.2) is 12.1 Å². The number of rotatable bonds is 2. The van der Waals surface area contributed by atoms with Crippen LogP contribution in [0.1, 0.15) is 49.8 Å². The average molecular weight is 325 g/mol. The molecule has 0 radical (unpaired) electrons. The van der Waals surface area contributed by atoms with Crippen LogP contribution in [0.25, 0.3) is 0 Å². The fourth-order valence-electron chi connectivity index (χ4n) is 3.53. The van der Waals surface area contributed by atoms with Gasteiger partial charge in [0.05, 0.1) is 11.2 Å². The SMILES string of the molecule is N#Cc1ccc(C(F)(F)F)nc1NC1CCOC2(CCCC2)C1. The Kier molecular flexibility index (Phi) is 4.19. The Morgan fingerprint density at radius 1 is 1.30 bits per heavy atom. The smallest absolute Gasteiger partial charge is 0.375 e. The molecule has 1 aromatic heterocycles. The molecule has 1 atom stereocenters. The van der Waals surface area contributed by atoms with Crippen molar-refractivity contribution in [3.8, 4) is 6.07 Å². The zero-order valence-electron chi connectivity index (χ0n) is 12.6. The van der Waals surface area contributed by atoms with Gasteiger partial charge in [-0.15, -0.1) is 0 Å². The van der Waals surface area contributed by atoms with Crippen molar-refractivity contribution in [1.29, 1.82) is 5.26 Å². The fraction of sp³-hybridized carbons (Fsp3) is 0.625. The van der Waals surface area contributed by atoms with Crippen LogP contribution in [0, 0.1) is 11.3 Å². The Morgan fingerprint density at radius 3 is 2.70 bits per heavy atom. The highest BCUT2D eigenvalue weighted by atomic mass is 19.4. The van der Waals surface area contributed by atoms with E-state index in [-0.39, 0.29) is 23.0 Å². The van der Waals surface area contributed by atoms with Crippen LogP contribution in [0.4, 0.5) is 19.0 Å². The fourth-order valence-corrected chi connectivity index (χ4v) is 3.53. The van der Waals surface area contributed by atoms with E-state index >= 15 is 0 Å². The summed E-state index contributed by atoms with van der Waals surface area (Å²) >= 11 is 0. The van der Waals surface area contributed by atoms with Gasteiger partial charge < -0.3 is 10.1 Å². The van der Waals surface area contributed by atoms with Crippen molar-refractivity contribution in [1.82, 2.24) is 4.98 Å². The molecule has 0 amide bonds. The molecular weight excluding hydrogens is 307 g/mol. The summed E-state index contributed by atoms with van der Waals surface area (Å²) in [5.41, 5.74) is -1.00. The van der Waals surface area contributed by atoms with E-state index in [1.54, 1.807) is 0 Å². The minimum Gasteiger partial charge on any atom is -0.375 e. The van der Waals surface area contributed by atoms with Gasteiger partial charge in [-0.05, 0) is 37.8 Å². The topological polar surface area (TPSA) is 57.9 Å². The van der Waals surface area contributed by atoms with Crippen LogP contribution in [0.3, 0.4) is 0 Å². The van der Waals surface area contributed by atoms with Crippen LogP contribution in [-0.4, -0.2) is 23.2 Å². The molecule has 7 heteroatoms. The van der Waals surface area contributed by atoms with Gasteiger partial charge in [-0.3, -0.25) is 0 Å². The van der Waals surface area contributed by atoms with Gasteiger partial charge in [0.25, 0.3) is 0 Å². The second kappa shape index (κ2) is 6.00. The molecule has 2 fully saturated rings. The largest absolute Gasteiger partial charge is 0.433 e. The van der Waals surface area contributed by atoms with Crippen LogP contribution in [0.5, 0.6) is 0 Å². The number of alkyl halides is 3. The lowest BCUT2D eigenvalue weighted by molar-refractivity contribution is -0.141. The minimum atomic E-state index is -4.52. The van der Waals surface area contributed by atoms with Gasteiger partial charge in [-0.1, -0.05) is 12.8 Å². The monoisotopic (exact) mass is 325 g/mol. The number of nitriles is 1. The van der Waals surface area contributed by atoms with E-state index in [0.717, 1.165) is 38.2 Å². The molecule has 1 aliphatic carbocycles.